The number of piperidine rings is 1. The number of benzene rings is 2. The fourth-order valence-electron chi connectivity index (χ4n) is 7.30. The molecule has 0 unspecified atom stereocenters. The molecule has 10 nitrogen and oxygen atoms in total. The first-order chi connectivity index (χ1) is 22.5. The van der Waals surface area contributed by atoms with Crippen LogP contribution in [0.25, 0.3) is 0 Å². The molecule has 2 aromatic rings. The van der Waals surface area contributed by atoms with Crippen LogP contribution in [0.3, 0.4) is 0 Å². The fourth-order valence-corrected chi connectivity index (χ4v) is 7.30. The van der Waals surface area contributed by atoms with Crippen molar-refractivity contribution in [2.75, 3.05) is 6.54 Å². The molecule has 1 aliphatic carbocycles. The molecule has 0 radical (unpaired) electrons. The number of aliphatic hydroxyl groups excluding tert-OH is 1. The van der Waals surface area contributed by atoms with Crippen molar-refractivity contribution in [2.45, 2.75) is 128 Å². The molecule has 2 aromatic carbocycles. The Morgan fingerprint density at radius 3 is 2.23 bits per heavy atom. The van der Waals surface area contributed by atoms with Crippen molar-refractivity contribution in [1.82, 2.24) is 15.5 Å². The van der Waals surface area contributed by atoms with E-state index < -0.39 is 12.3 Å². The molecule has 256 valence electrons. The Hall–Kier alpha value is -3.31. The zero-order chi connectivity index (χ0) is 33.6. The molecule has 6 atom stereocenters. The van der Waals surface area contributed by atoms with Gasteiger partial charge in [-0.1, -0.05) is 61.4 Å². The van der Waals surface area contributed by atoms with Crippen molar-refractivity contribution in [2.24, 2.45) is 5.92 Å². The number of hydrogen-bond donors (Lipinski definition) is 4. The summed E-state index contributed by atoms with van der Waals surface area (Å²) in [5.41, 5.74) is 3.27. The average Bonchev–Trinajstić information content (AvgIpc) is 3.06. The van der Waals surface area contributed by atoms with E-state index in [1.807, 2.05) is 69.3 Å². The highest BCUT2D eigenvalue weighted by Gasteiger charge is 2.44. The minimum Gasteiger partial charge on any atom is -0.481 e. The van der Waals surface area contributed by atoms with Crippen LogP contribution in [0.2, 0.25) is 0 Å². The number of aliphatic hydroxyl groups is 1. The van der Waals surface area contributed by atoms with Gasteiger partial charge in [-0.05, 0) is 69.1 Å². The molecule has 5 rings (SSSR count). The van der Waals surface area contributed by atoms with Gasteiger partial charge in [0.25, 0.3) is 0 Å². The molecule has 47 heavy (non-hydrogen) atoms. The molecule has 2 heterocycles. The zero-order valence-electron chi connectivity index (χ0n) is 28.0. The molecule has 2 amide bonds. The second-order valence-electron chi connectivity index (χ2n) is 14.4. The maximum atomic E-state index is 13.7. The Bertz CT molecular complexity index is 1360. The molecule has 0 aromatic heterocycles. The van der Waals surface area contributed by atoms with Crippen molar-refractivity contribution in [3.8, 4) is 0 Å². The van der Waals surface area contributed by atoms with Crippen LogP contribution in [-0.4, -0.2) is 63.2 Å². The van der Waals surface area contributed by atoms with E-state index >= 15 is 0 Å². The molecular formula is C37H51N3O7. The molecule has 2 saturated heterocycles. The molecule has 1 saturated carbocycles. The van der Waals surface area contributed by atoms with Crippen molar-refractivity contribution in [3.05, 3.63) is 70.8 Å². The summed E-state index contributed by atoms with van der Waals surface area (Å²) in [5, 5.41) is 24.4. The number of ether oxygens (including phenoxy) is 2. The Morgan fingerprint density at radius 2 is 1.55 bits per heavy atom. The van der Waals surface area contributed by atoms with Gasteiger partial charge < -0.3 is 30.3 Å². The smallest absolute Gasteiger partial charge is 0.303 e. The summed E-state index contributed by atoms with van der Waals surface area (Å²) in [7, 11) is 0. The van der Waals surface area contributed by atoms with Gasteiger partial charge in [-0.3, -0.25) is 19.3 Å². The molecule has 0 spiro atoms. The van der Waals surface area contributed by atoms with Crippen LogP contribution in [-0.2, 0) is 37.0 Å². The predicted molar refractivity (Wildman–Crippen MR) is 177 cm³/mol. The van der Waals surface area contributed by atoms with Gasteiger partial charge in [-0.2, -0.15) is 0 Å². The summed E-state index contributed by atoms with van der Waals surface area (Å²) in [4.78, 5) is 38.9. The first-order valence-electron chi connectivity index (χ1n) is 17.1. The summed E-state index contributed by atoms with van der Waals surface area (Å²) in [6.07, 6.45) is 5.96. The van der Waals surface area contributed by atoms with E-state index in [9.17, 15) is 19.5 Å². The Labute approximate surface area is 278 Å². The lowest BCUT2D eigenvalue weighted by Gasteiger charge is -2.50. The second-order valence-corrected chi connectivity index (χ2v) is 14.4. The summed E-state index contributed by atoms with van der Waals surface area (Å²) < 4.78 is 13.3. The van der Waals surface area contributed by atoms with Gasteiger partial charge in [0.1, 0.15) is 0 Å². The Balaban J connectivity index is 1.35. The van der Waals surface area contributed by atoms with Gasteiger partial charge in [0.05, 0.1) is 31.3 Å². The lowest BCUT2D eigenvalue weighted by Crippen LogP contribution is -2.61. The van der Waals surface area contributed by atoms with Crippen LogP contribution < -0.4 is 10.6 Å². The van der Waals surface area contributed by atoms with Crippen LogP contribution >= 0.6 is 0 Å². The number of hydrogen-bond acceptors (Lipinski definition) is 7. The number of fused-ring (bicyclic) bond motifs is 1. The van der Waals surface area contributed by atoms with E-state index in [0.29, 0.717) is 31.5 Å². The number of likely N-dealkylation sites (tertiary alicyclic amines) is 1. The molecule has 2 aliphatic heterocycles. The van der Waals surface area contributed by atoms with Crippen LogP contribution in [0.15, 0.2) is 48.5 Å². The number of nitrogens with zero attached hydrogens (tertiary/aromatic N) is 1. The first kappa shape index (κ1) is 35.0. The molecule has 10 heteroatoms. The average molecular weight is 650 g/mol. The maximum absolute atomic E-state index is 13.7. The highest BCUT2D eigenvalue weighted by Crippen LogP contribution is 2.42. The van der Waals surface area contributed by atoms with Crippen molar-refractivity contribution in [1.29, 1.82) is 0 Å². The third kappa shape index (κ3) is 9.63. The van der Waals surface area contributed by atoms with Crippen LogP contribution in [0, 0.1) is 5.92 Å². The number of carbonyl (C=O) groups is 3. The van der Waals surface area contributed by atoms with Crippen molar-refractivity contribution < 1.29 is 34.1 Å². The number of carbonyl (C=O) groups excluding carboxylic acids is 2. The van der Waals surface area contributed by atoms with Crippen LogP contribution in [0.4, 0.5) is 0 Å². The lowest BCUT2D eigenvalue weighted by atomic mass is 9.75. The van der Waals surface area contributed by atoms with Crippen molar-refractivity contribution in [3.63, 3.8) is 0 Å². The van der Waals surface area contributed by atoms with Crippen molar-refractivity contribution >= 4 is 17.8 Å². The summed E-state index contributed by atoms with van der Waals surface area (Å²) in [5.74, 6) is -0.620. The number of nitrogens with one attached hydrogen (secondary N) is 2. The van der Waals surface area contributed by atoms with Gasteiger partial charge in [-0.25, -0.2) is 0 Å². The topological polar surface area (TPSA) is 137 Å². The fraction of sp³-hybridized carbons (Fsp3) is 0.595. The lowest BCUT2D eigenvalue weighted by molar-refractivity contribution is -0.255. The number of amides is 2. The number of carboxylic acids is 1. The first-order valence-corrected chi connectivity index (χ1v) is 17.1. The summed E-state index contributed by atoms with van der Waals surface area (Å²) in [6, 6.07) is 15.7. The van der Waals surface area contributed by atoms with E-state index in [1.54, 1.807) is 0 Å². The molecule has 0 bridgehead atoms. The van der Waals surface area contributed by atoms with E-state index in [4.69, 9.17) is 14.6 Å². The third-order valence-corrected chi connectivity index (χ3v) is 9.64. The highest BCUT2D eigenvalue weighted by molar-refractivity contribution is 5.82. The van der Waals surface area contributed by atoms with Crippen LogP contribution in [0.1, 0.15) is 113 Å². The largest absolute Gasteiger partial charge is 0.481 e. The van der Waals surface area contributed by atoms with Gasteiger partial charge in [-0.15, -0.1) is 0 Å². The Morgan fingerprint density at radius 1 is 0.872 bits per heavy atom. The molecular weight excluding hydrogens is 598 g/mol. The molecule has 3 aliphatic rings. The van der Waals surface area contributed by atoms with Gasteiger partial charge in [0, 0.05) is 43.1 Å². The summed E-state index contributed by atoms with van der Waals surface area (Å²) in [6.45, 7) is 6.98. The third-order valence-electron chi connectivity index (χ3n) is 9.64. The maximum Gasteiger partial charge on any atom is 0.303 e. The van der Waals surface area contributed by atoms with E-state index in [0.717, 1.165) is 41.5 Å². The van der Waals surface area contributed by atoms with E-state index in [2.05, 4.69) is 15.5 Å². The standard InChI is InChI=1S/C37H51N3O7/c1-37(2,3)39-35(45)31-17-16-26-6-4-5-7-30(26)40(31)22-29-20-32(27-12-10-25(23-41)11-13-27)47-36(46-29)28-14-8-24(9-15-28)21-38-33(42)18-19-34(43)44/h8-15,26,29-32,36,41H,4-7,16-23H2,1-3H3,(H,38,42)(H,39,45)(H,43,44)/t26-,29-,30-,31-,32+,36+/m1/s1. The minimum absolute atomic E-state index is 0.0257. The SMILES string of the molecule is CC(C)(C)NC(=O)[C@H]1CC[C@H]2CCCC[C@H]2N1C[C@H]1C[C@@H](c2ccc(CO)cc2)O[C@@H](c2ccc(CNC(=O)CCC(=O)O)cc2)O1. The van der Waals surface area contributed by atoms with Crippen LogP contribution in [0.5, 0.6) is 0 Å². The normalized spacial score (nSPS) is 26.6. The zero-order valence-corrected chi connectivity index (χ0v) is 28.0. The van der Waals surface area contributed by atoms with Gasteiger partial charge >= 0.3 is 5.97 Å². The second kappa shape index (κ2) is 15.7. The van der Waals surface area contributed by atoms with Gasteiger partial charge in [0.15, 0.2) is 6.29 Å². The number of rotatable bonds is 11. The highest BCUT2D eigenvalue weighted by atomic mass is 16.7. The van der Waals surface area contributed by atoms with E-state index in [-0.39, 0.29) is 55.1 Å². The molecule has 3 fully saturated rings. The number of carboxylic acid groups (broad SMARTS) is 1. The van der Waals surface area contributed by atoms with E-state index in [1.165, 1.54) is 19.3 Å². The van der Waals surface area contributed by atoms with Gasteiger partial charge in [0.2, 0.25) is 11.8 Å². The summed E-state index contributed by atoms with van der Waals surface area (Å²) >= 11 is 0. The predicted octanol–water partition coefficient (Wildman–Crippen LogP) is 5.14. The quantitative estimate of drug-likeness (QED) is 0.263. The number of aliphatic carboxylic acids is 1. The monoisotopic (exact) mass is 649 g/mol. The minimum atomic E-state index is -1.000. The Kier molecular flexibility index (Phi) is 11.7. The molecule has 4 N–H and O–H groups in total.